The quantitative estimate of drug-likeness (QED) is 0.0471. The SMILES string of the molecule is COC(OC)(C(C#N)(N(C(C)C)C(C)C)C(c1ccccc1)(c1ccccc1)c1ccccc1)P(O)(O)(O)CCCc1cccc2c1[nH]c1ccccc12. The van der Waals surface area contributed by atoms with Crippen LogP contribution in [0.2, 0.25) is 0 Å². The molecule has 8 nitrogen and oxygen atoms in total. The number of ether oxygens (including phenoxy) is 2. The summed E-state index contributed by atoms with van der Waals surface area (Å²) in [4.78, 5) is 44.4. The molecule has 282 valence electrons. The Labute approximate surface area is 318 Å². The molecule has 0 saturated carbocycles. The van der Waals surface area contributed by atoms with Crippen molar-refractivity contribution >= 4 is 29.1 Å². The van der Waals surface area contributed by atoms with E-state index in [0.29, 0.717) is 23.1 Å². The first-order chi connectivity index (χ1) is 25.8. The molecule has 0 spiro atoms. The Kier molecular flexibility index (Phi) is 10.9. The first-order valence-electron chi connectivity index (χ1n) is 18.5. The molecule has 0 aliphatic heterocycles. The summed E-state index contributed by atoms with van der Waals surface area (Å²) in [5.74, 6) is 0. The van der Waals surface area contributed by atoms with Gasteiger partial charge >= 0.3 is 320 Å². The maximum atomic E-state index is 13.0. The zero-order valence-corrected chi connectivity index (χ0v) is 32.9. The number of nitrogens with one attached hydrogen (secondary N) is 1. The molecule has 0 aliphatic carbocycles. The van der Waals surface area contributed by atoms with Gasteiger partial charge in [-0.25, -0.2) is 0 Å². The second-order valence-corrected chi connectivity index (χ2v) is 18.1. The van der Waals surface area contributed by atoms with Crippen LogP contribution in [-0.2, 0) is 21.3 Å². The number of hydrogen-bond acceptors (Lipinski definition) is 7. The number of benzene rings is 5. The zero-order valence-electron chi connectivity index (χ0n) is 32.0. The molecule has 6 aromatic rings. The van der Waals surface area contributed by atoms with Crippen molar-refractivity contribution in [1.82, 2.24) is 9.88 Å². The summed E-state index contributed by atoms with van der Waals surface area (Å²) in [5, 5.41) is 14.4. The van der Waals surface area contributed by atoms with Gasteiger partial charge in [0.1, 0.15) is 0 Å². The van der Waals surface area contributed by atoms with E-state index in [1.807, 2.05) is 154 Å². The number of H-pyrrole nitrogens is 1. The number of aromatic amines is 1. The fourth-order valence-electron chi connectivity index (χ4n) is 9.30. The molecule has 0 aliphatic rings. The van der Waals surface area contributed by atoms with Gasteiger partial charge in [0.05, 0.1) is 0 Å². The Bertz CT molecular complexity index is 2120. The summed E-state index contributed by atoms with van der Waals surface area (Å²) in [6, 6.07) is 44.7. The average molecular weight is 746 g/mol. The van der Waals surface area contributed by atoms with Gasteiger partial charge in [-0.15, -0.1) is 0 Å². The summed E-state index contributed by atoms with van der Waals surface area (Å²) in [7, 11) is -3.73. The van der Waals surface area contributed by atoms with E-state index < -0.39 is 42.0 Å². The Balaban J connectivity index is 1.65. The molecule has 9 heteroatoms. The minimum absolute atomic E-state index is 0.143. The number of methoxy groups -OCH3 is 2. The third kappa shape index (κ3) is 5.96. The van der Waals surface area contributed by atoms with Crippen molar-refractivity contribution in [2.75, 3.05) is 20.4 Å². The van der Waals surface area contributed by atoms with Crippen molar-refractivity contribution in [3.05, 3.63) is 156 Å². The molecule has 4 N–H and O–H groups in total. The summed E-state index contributed by atoms with van der Waals surface area (Å²) in [5.41, 5.74) is -1.54. The van der Waals surface area contributed by atoms with Gasteiger partial charge in [0, 0.05) is 0 Å². The molecule has 0 amide bonds. The third-order valence-corrected chi connectivity index (χ3v) is 14.1. The van der Waals surface area contributed by atoms with E-state index in [2.05, 4.69) is 23.2 Å². The molecular formula is C45H52N3O5P. The van der Waals surface area contributed by atoms with Crippen LogP contribution in [0.3, 0.4) is 0 Å². The first kappa shape index (κ1) is 39.3. The molecule has 1 aromatic heterocycles. The summed E-state index contributed by atoms with van der Waals surface area (Å²) in [6.45, 7) is 7.82. The molecule has 5 aromatic carbocycles. The molecule has 0 bridgehead atoms. The predicted molar refractivity (Wildman–Crippen MR) is 219 cm³/mol. The van der Waals surface area contributed by atoms with Gasteiger partial charge in [-0.05, 0) is 0 Å². The third-order valence-electron chi connectivity index (χ3n) is 11.1. The molecule has 1 heterocycles. The molecule has 6 rings (SSSR count). The van der Waals surface area contributed by atoms with Crippen molar-refractivity contribution in [3.8, 4) is 6.07 Å². The van der Waals surface area contributed by atoms with Crippen LogP contribution in [0.1, 0.15) is 56.4 Å². The van der Waals surface area contributed by atoms with E-state index in [-0.39, 0.29) is 6.42 Å². The normalized spacial score (nSPS) is 14.7. The van der Waals surface area contributed by atoms with Gasteiger partial charge in [0.25, 0.3) is 0 Å². The van der Waals surface area contributed by atoms with Gasteiger partial charge in [-0.1, -0.05) is 0 Å². The van der Waals surface area contributed by atoms with Crippen LogP contribution >= 0.6 is 7.28 Å². The number of para-hydroxylation sites is 2. The maximum absolute atomic E-state index is 13.0. The van der Waals surface area contributed by atoms with Crippen LogP contribution in [0.15, 0.2) is 133 Å². The van der Waals surface area contributed by atoms with Crippen LogP contribution in [0.25, 0.3) is 21.8 Å². The topological polar surface area (TPSA) is 122 Å². The van der Waals surface area contributed by atoms with Crippen molar-refractivity contribution in [1.29, 1.82) is 5.26 Å². The van der Waals surface area contributed by atoms with Crippen LogP contribution in [0.5, 0.6) is 0 Å². The van der Waals surface area contributed by atoms with Crippen LogP contribution in [0.4, 0.5) is 0 Å². The van der Waals surface area contributed by atoms with E-state index >= 15 is 0 Å². The van der Waals surface area contributed by atoms with Gasteiger partial charge in [0.2, 0.25) is 0 Å². The minimum atomic E-state index is -6.30. The summed E-state index contributed by atoms with van der Waals surface area (Å²) >= 11 is 0. The van der Waals surface area contributed by atoms with Crippen molar-refractivity contribution < 1.29 is 24.2 Å². The second kappa shape index (κ2) is 15.0. The van der Waals surface area contributed by atoms with Gasteiger partial charge in [-0.3, -0.25) is 0 Å². The Morgan fingerprint density at radius 1 is 0.667 bits per heavy atom. The van der Waals surface area contributed by atoms with Gasteiger partial charge in [0.15, 0.2) is 0 Å². The predicted octanol–water partition coefficient (Wildman–Crippen LogP) is 8.89. The molecule has 0 fully saturated rings. The number of aromatic nitrogens is 1. The van der Waals surface area contributed by atoms with Crippen molar-refractivity contribution in [2.24, 2.45) is 0 Å². The number of nitrogens with zero attached hydrogens (tertiary/aromatic N) is 2. The first-order valence-corrected chi connectivity index (χ1v) is 20.8. The standard InChI is InChI=1S/C45H52N3O5P/c1-33(2)48(34(3)4)43(32-46,44(36-22-10-7-11-23-36,37-24-12-8-13-25-37)38-26-14-9-15-27-38)45(52-5,53-6)54(49,50,51)31-19-21-35-20-18-29-40-39-28-16-17-30-41(39)47-42(35)40/h7-18,20,22-30,33-34,47,49-51H,19,21,31H2,1-6H3. The number of nitriles is 1. The molecule has 0 radical (unpaired) electrons. The van der Waals surface area contributed by atoms with Crippen LogP contribution in [-0.4, -0.2) is 68.1 Å². The van der Waals surface area contributed by atoms with Crippen molar-refractivity contribution in [2.45, 2.75) is 69.1 Å². The molecular weight excluding hydrogens is 693 g/mol. The van der Waals surface area contributed by atoms with Crippen LogP contribution in [0, 0.1) is 11.3 Å². The molecule has 1 unspecified atom stereocenters. The fraction of sp³-hybridized carbons (Fsp3) is 0.311. The van der Waals surface area contributed by atoms with E-state index in [9.17, 15) is 19.9 Å². The van der Waals surface area contributed by atoms with Gasteiger partial charge < -0.3 is 0 Å². The Hall–Kier alpha value is -4.42. The summed E-state index contributed by atoms with van der Waals surface area (Å²) in [6.07, 6.45) is 0.0298. The van der Waals surface area contributed by atoms with E-state index in [1.165, 1.54) is 14.2 Å². The Morgan fingerprint density at radius 3 is 1.59 bits per heavy atom. The summed E-state index contributed by atoms with van der Waals surface area (Å²) < 4.78 is 12.8. The van der Waals surface area contributed by atoms with Gasteiger partial charge in [-0.2, -0.15) is 0 Å². The number of hydrogen-bond donors (Lipinski definition) is 4. The van der Waals surface area contributed by atoms with Crippen LogP contribution < -0.4 is 0 Å². The molecule has 54 heavy (non-hydrogen) atoms. The average Bonchev–Trinajstić information content (AvgIpc) is 3.56. The van der Waals surface area contributed by atoms with E-state index in [4.69, 9.17) is 9.47 Å². The zero-order chi connectivity index (χ0) is 38.8. The molecule has 0 saturated heterocycles. The Morgan fingerprint density at radius 2 is 1.13 bits per heavy atom. The fourth-order valence-corrected chi connectivity index (χ4v) is 12.1. The van der Waals surface area contributed by atoms with E-state index in [1.54, 1.807) is 0 Å². The number of fused-ring (bicyclic) bond motifs is 3. The number of rotatable bonds is 15. The molecule has 1 atom stereocenters. The van der Waals surface area contributed by atoms with E-state index in [0.717, 1.165) is 27.4 Å². The monoisotopic (exact) mass is 745 g/mol. The number of aryl methyl sites for hydroxylation is 1. The van der Waals surface area contributed by atoms with Crippen molar-refractivity contribution in [3.63, 3.8) is 0 Å². The second-order valence-electron chi connectivity index (χ2n) is 14.7.